The SMILES string of the molecule is COc1ccc(CC(=O)OCC(=O)Nc2ccccc2Cc2ccccc2)cc1. The molecule has 5 heteroatoms. The molecule has 1 amide bonds. The number of para-hydroxylation sites is 1. The number of anilines is 1. The lowest BCUT2D eigenvalue weighted by atomic mass is 10.0. The molecular formula is C24H23NO4. The van der Waals surface area contributed by atoms with Gasteiger partial charge in [0.1, 0.15) is 5.75 Å². The van der Waals surface area contributed by atoms with Gasteiger partial charge in [0.25, 0.3) is 5.91 Å². The topological polar surface area (TPSA) is 64.6 Å². The van der Waals surface area contributed by atoms with Gasteiger partial charge in [-0.05, 0) is 41.3 Å². The quantitative estimate of drug-likeness (QED) is 0.591. The van der Waals surface area contributed by atoms with Gasteiger partial charge < -0.3 is 14.8 Å². The molecule has 0 aromatic heterocycles. The number of esters is 1. The Morgan fingerprint density at radius 2 is 1.52 bits per heavy atom. The van der Waals surface area contributed by atoms with Crippen molar-refractivity contribution >= 4 is 17.6 Å². The van der Waals surface area contributed by atoms with Crippen LogP contribution in [0.25, 0.3) is 0 Å². The zero-order valence-corrected chi connectivity index (χ0v) is 16.3. The molecule has 0 aliphatic heterocycles. The Morgan fingerprint density at radius 3 is 2.24 bits per heavy atom. The number of carbonyl (C=O) groups excluding carboxylic acids is 2. The number of carbonyl (C=O) groups is 2. The summed E-state index contributed by atoms with van der Waals surface area (Å²) in [6, 6.07) is 24.8. The first kappa shape index (κ1) is 20.1. The van der Waals surface area contributed by atoms with E-state index in [0.29, 0.717) is 12.1 Å². The third-order valence-corrected chi connectivity index (χ3v) is 4.40. The highest BCUT2D eigenvalue weighted by atomic mass is 16.5. The van der Waals surface area contributed by atoms with Crippen LogP contribution in [0.1, 0.15) is 16.7 Å². The van der Waals surface area contributed by atoms with Crippen LogP contribution in [-0.4, -0.2) is 25.6 Å². The fraction of sp³-hybridized carbons (Fsp3) is 0.167. The van der Waals surface area contributed by atoms with Crippen molar-refractivity contribution in [1.82, 2.24) is 0 Å². The molecule has 0 atom stereocenters. The molecule has 0 heterocycles. The second-order valence-electron chi connectivity index (χ2n) is 6.55. The minimum atomic E-state index is -0.456. The van der Waals surface area contributed by atoms with Gasteiger partial charge in [0, 0.05) is 5.69 Å². The highest BCUT2D eigenvalue weighted by Crippen LogP contribution is 2.19. The Labute approximate surface area is 170 Å². The van der Waals surface area contributed by atoms with Crippen molar-refractivity contribution in [3.05, 3.63) is 95.6 Å². The summed E-state index contributed by atoms with van der Waals surface area (Å²) < 4.78 is 10.2. The van der Waals surface area contributed by atoms with E-state index in [1.54, 1.807) is 31.4 Å². The fourth-order valence-corrected chi connectivity index (χ4v) is 2.91. The normalized spacial score (nSPS) is 10.2. The molecule has 0 unspecified atom stereocenters. The van der Waals surface area contributed by atoms with E-state index in [-0.39, 0.29) is 18.9 Å². The predicted molar refractivity (Wildman–Crippen MR) is 112 cm³/mol. The molecule has 0 aliphatic carbocycles. The van der Waals surface area contributed by atoms with E-state index in [2.05, 4.69) is 5.32 Å². The average Bonchev–Trinajstić information content (AvgIpc) is 2.75. The Bertz CT molecular complexity index is 952. The van der Waals surface area contributed by atoms with E-state index < -0.39 is 5.97 Å². The van der Waals surface area contributed by atoms with Crippen LogP contribution in [-0.2, 0) is 27.2 Å². The summed E-state index contributed by atoms with van der Waals surface area (Å²) in [5.74, 6) is -0.104. The average molecular weight is 389 g/mol. The van der Waals surface area contributed by atoms with Gasteiger partial charge in [-0.1, -0.05) is 60.7 Å². The molecule has 0 saturated carbocycles. The molecular weight excluding hydrogens is 366 g/mol. The van der Waals surface area contributed by atoms with E-state index in [9.17, 15) is 9.59 Å². The van der Waals surface area contributed by atoms with Crippen LogP contribution in [0, 0.1) is 0 Å². The van der Waals surface area contributed by atoms with Crippen LogP contribution in [0.3, 0.4) is 0 Å². The van der Waals surface area contributed by atoms with Gasteiger partial charge in [-0.25, -0.2) is 0 Å². The smallest absolute Gasteiger partial charge is 0.310 e. The summed E-state index contributed by atoms with van der Waals surface area (Å²) in [4.78, 5) is 24.3. The summed E-state index contributed by atoms with van der Waals surface area (Å²) in [6.45, 7) is -0.325. The third-order valence-electron chi connectivity index (χ3n) is 4.40. The number of methoxy groups -OCH3 is 1. The molecule has 5 nitrogen and oxygen atoms in total. The van der Waals surface area contributed by atoms with Crippen molar-refractivity contribution in [2.45, 2.75) is 12.8 Å². The maximum Gasteiger partial charge on any atom is 0.310 e. The van der Waals surface area contributed by atoms with Gasteiger partial charge in [-0.2, -0.15) is 0 Å². The lowest BCUT2D eigenvalue weighted by molar-refractivity contribution is -0.146. The van der Waals surface area contributed by atoms with Crippen LogP contribution in [0.5, 0.6) is 5.75 Å². The standard InChI is InChI=1S/C24H23NO4/c1-28-21-13-11-19(12-14-21)16-24(27)29-17-23(26)25-22-10-6-5-9-20(22)15-18-7-3-2-4-8-18/h2-14H,15-17H2,1H3,(H,25,26). The molecule has 0 saturated heterocycles. The summed E-state index contributed by atoms with van der Waals surface area (Å²) in [7, 11) is 1.58. The third kappa shape index (κ3) is 6.21. The van der Waals surface area contributed by atoms with E-state index in [4.69, 9.17) is 9.47 Å². The van der Waals surface area contributed by atoms with Crippen molar-refractivity contribution in [3.8, 4) is 5.75 Å². The van der Waals surface area contributed by atoms with E-state index >= 15 is 0 Å². The number of hydrogen-bond acceptors (Lipinski definition) is 4. The molecule has 29 heavy (non-hydrogen) atoms. The first-order valence-corrected chi connectivity index (χ1v) is 9.34. The fourth-order valence-electron chi connectivity index (χ4n) is 2.91. The summed E-state index contributed by atoms with van der Waals surface area (Å²) >= 11 is 0. The summed E-state index contributed by atoms with van der Waals surface area (Å²) in [5, 5.41) is 2.83. The van der Waals surface area contributed by atoms with Crippen LogP contribution in [0.4, 0.5) is 5.69 Å². The maximum absolute atomic E-state index is 12.3. The van der Waals surface area contributed by atoms with Gasteiger partial charge in [0.2, 0.25) is 0 Å². The van der Waals surface area contributed by atoms with Crippen molar-refractivity contribution in [2.24, 2.45) is 0 Å². The van der Waals surface area contributed by atoms with Crippen LogP contribution < -0.4 is 10.1 Å². The number of amides is 1. The lowest BCUT2D eigenvalue weighted by Gasteiger charge is -2.11. The van der Waals surface area contributed by atoms with E-state index in [1.807, 2.05) is 54.6 Å². The Balaban J connectivity index is 1.52. The Morgan fingerprint density at radius 1 is 0.828 bits per heavy atom. The van der Waals surface area contributed by atoms with Gasteiger partial charge >= 0.3 is 5.97 Å². The zero-order chi connectivity index (χ0) is 20.5. The van der Waals surface area contributed by atoms with Gasteiger partial charge in [-0.3, -0.25) is 9.59 Å². The van der Waals surface area contributed by atoms with Gasteiger partial charge in [-0.15, -0.1) is 0 Å². The number of benzene rings is 3. The highest BCUT2D eigenvalue weighted by molar-refractivity contribution is 5.93. The number of rotatable bonds is 8. The minimum absolute atomic E-state index is 0.0991. The van der Waals surface area contributed by atoms with E-state index in [0.717, 1.165) is 22.4 Å². The van der Waals surface area contributed by atoms with Gasteiger partial charge in [0.15, 0.2) is 6.61 Å². The molecule has 3 aromatic carbocycles. The summed E-state index contributed by atoms with van der Waals surface area (Å²) in [6.07, 6.45) is 0.802. The number of ether oxygens (including phenoxy) is 2. The molecule has 0 bridgehead atoms. The molecule has 3 aromatic rings. The largest absolute Gasteiger partial charge is 0.497 e. The number of hydrogen-bond donors (Lipinski definition) is 1. The Kier molecular flexibility index (Phi) is 7.00. The first-order chi connectivity index (χ1) is 14.1. The van der Waals surface area contributed by atoms with Gasteiger partial charge in [0.05, 0.1) is 13.5 Å². The minimum Gasteiger partial charge on any atom is -0.497 e. The molecule has 0 radical (unpaired) electrons. The second-order valence-corrected chi connectivity index (χ2v) is 6.55. The van der Waals surface area contributed by atoms with E-state index in [1.165, 1.54) is 0 Å². The number of nitrogens with one attached hydrogen (secondary N) is 1. The maximum atomic E-state index is 12.3. The van der Waals surface area contributed by atoms with Crippen molar-refractivity contribution < 1.29 is 19.1 Å². The molecule has 0 aliphatic rings. The highest BCUT2D eigenvalue weighted by Gasteiger charge is 2.11. The molecule has 1 N–H and O–H groups in total. The molecule has 0 fully saturated rings. The van der Waals surface area contributed by atoms with Crippen molar-refractivity contribution in [2.75, 3.05) is 19.0 Å². The summed E-state index contributed by atoms with van der Waals surface area (Å²) in [5.41, 5.74) is 3.66. The predicted octanol–water partition coefficient (Wildman–Crippen LogP) is 4.01. The zero-order valence-electron chi connectivity index (χ0n) is 16.3. The van der Waals surface area contributed by atoms with Crippen LogP contribution in [0.2, 0.25) is 0 Å². The second kappa shape index (κ2) is 10.1. The molecule has 0 spiro atoms. The van der Waals surface area contributed by atoms with Crippen molar-refractivity contribution in [3.63, 3.8) is 0 Å². The lowest BCUT2D eigenvalue weighted by Crippen LogP contribution is -2.22. The molecule has 3 rings (SSSR count). The molecule has 148 valence electrons. The monoisotopic (exact) mass is 389 g/mol. The van der Waals surface area contributed by atoms with Crippen molar-refractivity contribution in [1.29, 1.82) is 0 Å². The van der Waals surface area contributed by atoms with Crippen LogP contribution in [0.15, 0.2) is 78.9 Å². The Hall–Kier alpha value is -3.60. The van der Waals surface area contributed by atoms with Crippen LogP contribution >= 0.6 is 0 Å². The first-order valence-electron chi connectivity index (χ1n) is 9.34.